The number of aryl methyl sites for hydroxylation is 1. The molecule has 0 amide bonds. The van der Waals surface area contributed by atoms with E-state index in [0.717, 1.165) is 22.7 Å². The van der Waals surface area contributed by atoms with Crippen LogP contribution in [0.5, 0.6) is 0 Å². The summed E-state index contributed by atoms with van der Waals surface area (Å²) in [6.07, 6.45) is 6.84. The van der Waals surface area contributed by atoms with E-state index in [1.807, 2.05) is 30.2 Å². The standard InChI is InChI=1S/C19H21N3OS/c1-3-5-13-6-8-14(9-7-13)18-16(10-20)22(17(18)12-23)19-21-11-15(4-2)24-19/h3,5-9,11,16-18,23H,4,12H2,1-2H3/b5-3+/t16-,17+,18-/m0/s1. The van der Waals surface area contributed by atoms with Crippen molar-refractivity contribution in [2.45, 2.75) is 38.3 Å². The number of hydrogen-bond acceptors (Lipinski definition) is 5. The van der Waals surface area contributed by atoms with E-state index in [1.165, 1.54) is 4.88 Å². The van der Waals surface area contributed by atoms with Crippen molar-refractivity contribution in [2.75, 3.05) is 11.5 Å². The molecule has 1 saturated heterocycles. The largest absolute Gasteiger partial charge is 0.394 e. The maximum Gasteiger partial charge on any atom is 0.186 e. The molecule has 1 N–H and O–H groups in total. The third kappa shape index (κ3) is 2.83. The number of benzene rings is 1. The summed E-state index contributed by atoms with van der Waals surface area (Å²) in [6, 6.07) is 10.2. The average Bonchev–Trinajstić information content (AvgIpc) is 3.05. The second kappa shape index (κ2) is 7.16. The summed E-state index contributed by atoms with van der Waals surface area (Å²) >= 11 is 1.60. The van der Waals surface area contributed by atoms with Crippen molar-refractivity contribution in [3.8, 4) is 6.07 Å². The topological polar surface area (TPSA) is 60.1 Å². The molecule has 0 spiro atoms. The van der Waals surface area contributed by atoms with Crippen LogP contribution in [0.1, 0.15) is 35.8 Å². The van der Waals surface area contributed by atoms with Crippen molar-refractivity contribution in [1.82, 2.24) is 4.98 Å². The van der Waals surface area contributed by atoms with Gasteiger partial charge in [0, 0.05) is 17.0 Å². The van der Waals surface area contributed by atoms with Gasteiger partial charge in [0.25, 0.3) is 0 Å². The van der Waals surface area contributed by atoms with Gasteiger partial charge < -0.3 is 10.0 Å². The number of aromatic nitrogens is 1. The molecule has 0 bridgehead atoms. The molecule has 2 heterocycles. The van der Waals surface area contributed by atoms with Crippen LogP contribution in [-0.4, -0.2) is 28.8 Å². The van der Waals surface area contributed by atoms with Crippen molar-refractivity contribution < 1.29 is 5.11 Å². The number of nitriles is 1. The normalized spacial score (nSPS) is 23.2. The van der Waals surface area contributed by atoms with Crippen molar-refractivity contribution in [3.63, 3.8) is 0 Å². The van der Waals surface area contributed by atoms with E-state index in [2.05, 4.69) is 42.2 Å². The zero-order valence-electron chi connectivity index (χ0n) is 13.9. The minimum absolute atomic E-state index is 0.00799. The van der Waals surface area contributed by atoms with Crippen LogP contribution >= 0.6 is 11.3 Å². The van der Waals surface area contributed by atoms with E-state index < -0.39 is 0 Å². The summed E-state index contributed by atoms with van der Waals surface area (Å²) in [5, 5.41) is 20.4. The van der Waals surface area contributed by atoms with E-state index in [0.29, 0.717) is 0 Å². The van der Waals surface area contributed by atoms with Crippen LogP contribution in [0.4, 0.5) is 5.13 Å². The highest BCUT2D eigenvalue weighted by molar-refractivity contribution is 7.15. The molecule has 3 atom stereocenters. The molecule has 0 saturated carbocycles. The lowest BCUT2D eigenvalue weighted by molar-refractivity contribution is 0.187. The van der Waals surface area contributed by atoms with Crippen LogP contribution in [0.2, 0.25) is 0 Å². The summed E-state index contributed by atoms with van der Waals surface area (Å²) in [6.45, 7) is 4.10. The SMILES string of the molecule is C/C=C/c1ccc([C@@H]2[C@@H](CO)N(c3ncc(CC)s3)[C@H]2C#N)cc1. The number of allylic oxidation sites excluding steroid dienone is 1. The highest BCUT2D eigenvalue weighted by Crippen LogP contribution is 2.44. The first-order valence-corrected chi connectivity index (χ1v) is 9.01. The summed E-state index contributed by atoms with van der Waals surface area (Å²) in [5.41, 5.74) is 2.23. The van der Waals surface area contributed by atoms with E-state index in [1.54, 1.807) is 11.3 Å². The maximum absolute atomic E-state index is 9.88. The van der Waals surface area contributed by atoms with Crippen molar-refractivity contribution in [2.24, 2.45) is 0 Å². The molecule has 0 unspecified atom stereocenters. The number of rotatable bonds is 5. The Kier molecular flexibility index (Phi) is 4.98. The lowest BCUT2D eigenvalue weighted by Gasteiger charge is -2.51. The zero-order chi connectivity index (χ0) is 17.1. The number of aliphatic hydroxyl groups excluding tert-OH is 1. The van der Waals surface area contributed by atoms with Gasteiger partial charge in [-0.1, -0.05) is 43.3 Å². The van der Waals surface area contributed by atoms with Gasteiger partial charge in [-0.25, -0.2) is 4.98 Å². The monoisotopic (exact) mass is 339 g/mol. The van der Waals surface area contributed by atoms with Gasteiger partial charge in [-0.2, -0.15) is 5.26 Å². The predicted molar refractivity (Wildman–Crippen MR) is 98.1 cm³/mol. The minimum atomic E-state index is -0.287. The fraction of sp³-hybridized carbons (Fsp3) is 0.368. The quantitative estimate of drug-likeness (QED) is 0.904. The number of thiazole rings is 1. The molecule has 3 rings (SSSR count). The first-order valence-electron chi connectivity index (χ1n) is 8.19. The summed E-state index contributed by atoms with van der Waals surface area (Å²) < 4.78 is 0. The number of aliphatic hydroxyl groups is 1. The zero-order valence-corrected chi connectivity index (χ0v) is 14.7. The molecule has 2 aromatic rings. The van der Waals surface area contributed by atoms with E-state index in [9.17, 15) is 10.4 Å². The Balaban J connectivity index is 1.87. The molecule has 1 fully saturated rings. The van der Waals surface area contributed by atoms with Crippen molar-refractivity contribution in [1.29, 1.82) is 5.26 Å². The Bertz CT molecular complexity index is 760. The van der Waals surface area contributed by atoms with Crippen LogP contribution in [-0.2, 0) is 6.42 Å². The molecule has 0 aliphatic carbocycles. The van der Waals surface area contributed by atoms with Gasteiger partial charge in [-0.3, -0.25) is 0 Å². The lowest BCUT2D eigenvalue weighted by atomic mass is 9.76. The molecular weight excluding hydrogens is 318 g/mol. The Hall–Kier alpha value is -2.16. The van der Waals surface area contributed by atoms with Gasteiger partial charge in [0.15, 0.2) is 5.13 Å². The Labute approximate surface area is 146 Å². The molecule has 1 aliphatic rings. The highest BCUT2D eigenvalue weighted by atomic mass is 32.1. The number of nitrogens with zero attached hydrogens (tertiary/aromatic N) is 3. The fourth-order valence-electron chi connectivity index (χ4n) is 3.27. The first kappa shape index (κ1) is 16.7. The third-order valence-electron chi connectivity index (χ3n) is 4.52. The molecule has 24 heavy (non-hydrogen) atoms. The molecule has 1 aromatic heterocycles. The average molecular weight is 339 g/mol. The molecule has 5 heteroatoms. The summed E-state index contributed by atoms with van der Waals surface area (Å²) in [7, 11) is 0. The predicted octanol–water partition coefficient (Wildman–Crippen LogP) is 3.60. The summed E-state index contributed by atoms with van der Waals surface area (Å²) in [4.78, 5) is 7.60. The van der Waals surface area contributed by atoms with Gasteiger partial charge in [0.2, 0.25) is 0 Å². The Morgan fingerprint density at radius 2 is 2.12 bits per heavy atom. The van der Waals surface area contributed by atoms with Gasteiger partial charge in [0.05, 0.1) is 18.7 Å². The van der Waals surface area contributed by atoms with Crippen molar-refractivity contribution in [3.05, 3.63) is 52.5 Å². The second-order valence-electron chi connectivity index (χ2n) is 5.89. The van der Waals surface area contributed by atoms with Gasteiger partial charge >= 0.3 is 0 Å². The van der Waals surface area contributed by atoms with Crippen LogP contribution in [0.3, 0.4) is 0 Å². The van der Waals surface area contributed by atoms with Gasteiger partial charge in [0.1, 0.15) is 6.04 Å². The van der Waals surface area contributed by atoms with Crippen LogP contribution in [0, 0.1) is 11.3 Å². The van der Waals surface area contributed by atoms with Gasteiger partial charge in [-0.05, 0) is 24.5 Å². The molecule has 0 radical (unpaired) electrons. The first-order chi connectivity index (χ1) is 11.7. The van der Waals surface area contributed by atoms with E-state index in [-0.39, 0.29) is 24.6 Å². The highest BCUT2D eigenvalue weighted by Gasteiger charge is 2.50. The fourth-order valence-corrected chi connectivity index (χ4v) is 4.22. The number of anilines is 1. The summed E-state index contributed by atoms with van der Waals surface area (Å²) in [5.74, 6) is 0.00799. The molecule has 124 valence electrons. The minimum Gasteiger partial charge on any atom is -0.394 e. The molecule has 4 nitrogen and oxygen atoms in total. The van der Waals surface area contributed by atoms with E-state index >= 15 is 0 Å². The van der Waals surface area contributed by atoms with Crippen LogP contribution in [0.25, 0.3) is 6.08 Å². The molecule has 1 aliphatic heterocycles. The molecular formula is C19H21N3OS. The van der Waals surface area contributed by atoms with Crippen LogP contribution < -0.4 is 4.90 Å². The smallest absolute Gasteiger partial charge is 0.186 e. The lowest BCUT2D eigenvalue weighted by Crippen LogP contribution is -2.63. The number of hydrogen-bond donors (Lipinski definition) is 1. The second-order valence-corrected chi connectivity index (χ2v) is 6.98. The maximum atomic E-state index is 9.88. The Morgan fingerprint density at radius 3 is 2.67 bits per heavy atom. The van der Waals surface area contributed by atoms with Gasteiger partial charge in [-0.15, -0.1) is 11.3 Å². The van der Waals surface area contributed by atoms with Crippen LogP contribution in [0.15, 0.2) is 36.5 Å². The van der Waals surface area contributed by atoms with E-state index in [4.69, 9.17) is 0 Å². The molecule has 1 aromatic carbocycles. The third-order valence-corrected chi connectivity index (χ3v) is 5.68. The van der Waals surface area contributed by atoms with Crippen molar-refractivity contribution >= 4 is 22.5 Å². The Morgan fingerprint density at radius 1 is 1.38 bits per heavy atom.